The number of nitrogens with zero attached hydrogens (tertiary/aromatic N) is 3. The quantitative estimate of drug-likeness (QED) is 0.777. The Morgan fingerprint density at radius 3 is 2.81 bits per heavy atom. The summed E-state index contributed by atoms with van der Waals surface area (Å²) in [6.07, 6.45) is 0.835. The lowest BCUT2D eigenvalue weighted by Crippen LogP contribution is -2.46. The average molecular weight is 396 g/mol. The number of sulfonamides is 1. The molecule has 1 N–H and O–H groups in total. The predicted octanol–water partition coefficient (Wildman–Crippen LogP) is 1.97. The lowest BCUT2D eigenvalue weighted by molar-refractivity contribution is 0.174. The molecule has 0 bridgehead atoms. The number of rotatable bonds is 5. The molecule has 0 unspecified atom stereocenters. The zero-order valence-corrected chi connectivity index (χ0v) is 16.0. The van der Waals surface area contributed by atoms with E-state index in [9.17, 15) is 13.2 Å². The molecule has 0 spiro atoms. The number of hydrogen-bond donors (Lipinski definition) is 1. The van der Waals surface area contributed by atoms with Gasteiger partial charge in [0.1, 0.15) is 6.61 Å². The Bertz CT molecular complexity index is 917. The highest BCUT2D eigenvalue weighted by atomic mass is 32.2. The first-order chi connectivity index (χ1) is 12.4. The van der Waals surface area contributed by atoms with Gasteiger partial charge in [0.2, 0.25) is 10.0 Å². The maximum Gasteiger partial charge on any atom is 0.413 e. The fraction of sp³-hybridized carbons (Fsp3) is 0.375. The van der Waals surface area contributed by atoms with Crippen LogP contribution in [0.5, 0.6) is 0 Å². The summed E-state index contributed by atoms with van der Waals surface area (Å²) in [5.41, 5.74) is 0.617. The van der Waals surface area contributed by atoms with E-state index < -0.39 is 16.1 Å². The van der Waals surface area contributed by atoms with Crippen LogP contribution in [0.2, 0.25) is 0 Å². The number of fused-ring (bicyclic) bond motifs is 1. The molecule has 3 rings (SSSR count). The molecular formula is C16H20N4O4S2. The normalized spacial score (nSPS) is 16.5. The third-order valence-electron chi connectivity index (χ3n) is 4.00. The SMILES string of the molecule is C=CCOC(=O)Nc1nc2ccc(S(=O)(=O)N3CCN(C)CC3)cc2s1. The minimum atomic E-state index is -3.54. The molecule has 1 aliphatic heterocycles. The van der Waals surface area contributed by atoms with Gasteiger partial charge in [-0.3, -0.25) is 5.32 Å². The van der Waals surface area contributed by atoms with Crippen molar-refractivity contribution in [3.05, 3.63) is 30.9 Å². The number of benzene rings is 1. The van der Waals surface area contributed by atoms with Crippen molar-refractivity contribution in [2.45, 2.75) is 4.90 Å². The molecule has 1 aromatic heterocycles. The van der Waals surface area contributed by atoms with E-state index in [0.717, 1.165) is 0 Å². The molecule has 0 atom stereocenters. The number of anilines is 1. The standard InChI is InChI=1S/C16H20N4O4S2/c1-3-10-24-16(21)18-15-17-13-5-4-12(11-14(13)25-15)26(22,23)20-8-6-19(2)7-9-20/h3-5,11H,1,6-10H2,2H3,(H,17,18,21). The summed E-state index contributed by atoms with van der Waals surface area (Å²) in [7, 11) is -1.57. The second kappa shape index (κ2) is 7.70. The van der Waals surface area contributed by atoms with Crippen molar-refractivity contribution in [2.24, 2.45) is 0 Å². The molecule has 1 aliphatic rings. The molecule has 0 saturated carbocycles. The van der Waals surface area contributed by atoms with Crippen molar-refractivity contribution < 1.29 is 17.9 Å². The number of piperazine rings is 1. The van der Waals surface area contributed by atoms with Crippen LogP contribution in [0.3, 0.4) is 0 Å². The van der Waals surface area contributed by atoms with Gasteiger partial charge in [-0.05, 0) is 25.2 Å². The molecule has 1 aromatic carbocycles. The van der Waals surface area contributed by atoms with Gasteiger partial charge in [0.05, 0.1) is 15.1 Å². The van der Waals surface area contributed by atoms with Gasteiger partial charge in [-0.15, -0.1) is 0 Å². The number of amides is 1. The van der Waals surface area contributed by atoms with Crippen molar-refractivity contribution in [1.29, 1.82) is 0 Å². The number of carbonyl (C=O) groups excluding carboxylic acids is 1. The number of hydrogen-bond acceptors (Lipinski definition) is 7. The Labute approximate surface area is 156 Å². The highest BCUT2D eigenvalue weighted by Crippen LogP contribution is 2.29. The molecule has 8 nitrogen and oxygen atoms in total. The summed E-state index contributed by atoms with van der Waals surface area (Å²) < 4.78 is 32.7. The molecule has 140 valence electrons. The maximum absolute atomic E-state index is 12.8. The highest BCUT2D eigenvalue weighted by Gasteiger charge is 2.27. The first-order valence-corrected chi connectivity index (χ1v) is 10.3. The largest absolute Gasteiger partial charge is 0.445 e. The van der Waals surface area contributed by atoms with Gasteiger partial charge in [-0.2, -0.15) is 4.31 Å². The summed E-state index contributed by atoms with van der Waals surface area (Å²) in [6, 6.07) is 4.80. The number of carbonyl (C=O) groups is 1. The summed E-state index contributed by atoms with van der Waals surface area (Å²) in [4.78, 5) is 18.2. The molecular weight excluding hydrogens is 376 g/mol. The maximum atomic E-state index is 12.8. The van der Waals surface area contributed by atoms with Gasteiger partial charge in [0.15, 0.2) is 5.13 Å². The van der Waals surface area contributed by atoms with Crippen LogP contribution in [0.1, 0.15) is 0 Å². The van der Waals surface area contributed by atoms with Gasteiger partial charge in [0, 0.05) is 26.2 Å². The topological polar surface area (TPSA) is 91.8 Å². The van der Waals surface area contributed by atoms with E-state index in [1.807, 2.05) is 7.05 Å². The first kappa shape index (κ1) is 18.8. The van der Waals surface area contributed by atoms with E-state index in [-0.39, 0.29) is 11.5 Å². The second-order valence-corrected chi connectivity index (χ2v) is 8.84. The molecule has 2 heterocycles. The van der Waals surface area contributed by atoms with Crippen molar-refractivity contribution in [1.82, 2.24) is 14.2 Å². The zero-order valence-electron chi connectivity index (χ0n) is 14.3. The third-order valence-corrected chi connectivity index (χ3v) is 6.83. The molecule has 2 aromatic rings. The van der Waals surface area contributed by atoms with Crippen molar-refractivity contribution >= 4 is 42.8 Å². The third kappa shape index (κ3) is 4.04. The monoisotopic (exact) mass is 396 g/mol. The van der Waals surface area contributed by atoms with Crippen LogP contribution >= 0.6 is 11.3 Å². The fourth-order valence-electron chi connectivity index (χ4n) is 2.55. The van der Waals surface area contributed by atoms with Gasteiger partial charge in [-0.1, -0.05) is 24.0 Å². The number of likely N-dealkylation sites (N-methyl/N-ethyl adjacent to an activating group) is 1. The van der Waals surface area contributed by atoms with Crippen LogP contribution in [0.4, 0.5) is 9.93 Å². The van der Waals surface area contributed by atoms with Crippen LogP contribution in [0.25, 0.3) is 10.2 Å². The predicted molar refractivity (Wildman–Crippen MR) is 101 cm³/mol. The van der Waals surface area contributed by atoms with E-state index in [1.165, 1.54) is 21.7 Å². The minimum Gasteiger partial charge on any atom is -0.445 e. The number of ether oxygens (including phenoxy) is 1. The van der Waals surface area contributed by atoms with E-state index >= 15 is 0 Å². The minimum absolute atomic E-state index is 0.101. The van der Waals surface area contributed by atoms with Gasteiger partial charge in [0.25, 0.3) is 0 Å². The van der Waals surface area contributed by atoms with Crippen molar-refractivity contribution in [3.63, 3.8) is 0 Å². The van der Waals surface area contributed by atoms with E-state index in [4.69, 9.17) is 4.74 Å². The van der Waals surface area contributed by atoms with Crippen molar-refractivity contribution in [3.8, 4) is 0 Å². The Morgan fingerprint density at radius 2 is 2.12 bits per heavy atom. The van der Waals surface area contributed by atoms with Crippen molar-refractivity contribution in [2.75, 3.05) is 45.2 Å². The number of thiazole rings is 1. The molecule has 0 aliphatic carbocycles. The highest BCUT2D eigenvalue weighted by molar-refractivity contribution is 7.89. The Balaban J connectivity index is 1.80. The molecule has 26 heavy (non-hydrogen) atoms. The molecule has 0 radical (unpaired) electrons. The summed E-state index contributed by atoms with van der Waals surface area (Å²) in [5.74, 6) is 0. The van der Waals surface area contributed by atoms with Crippen LogP contribution < -0.4 is 5.32 Å². The summed E-state index contributed by atoms with van der Waals surface area (Å²) in [6.45, 7) is 5.94. The van der Waals surface area contributed by atoms with Gasteiger partial charge < -0.3 is 9.64 Å². The summed E-state index contributed by atoms with van der Waals surface area (Å²) in [5, 5.41) is 2.88. The van der Waals surface area contributed by atoms with Crippen LogP contribution in [-0.2, 0) is 14.8 Å². The lowest BCUT2D eigenvalue weighted by Gasteiger charge is -2.31. The van der Waals surface area contributed by atoms with E-state index in [1.54, 1.807) is 18.2 Å². The van der Waals surface area contributed by atoms with Crippen LogP contribution in [0, 0.1) is 0 Å². The Hall–Kier alpha value is -2.01. The van der Waals surface area contributed by atoms with E-state index in [2.05, 4.69) is 21.8 Å². The average Bonchev–Trinajstić information content (AvgIpc) is 3.01. The second-order valence-electron chi connectivity index (χ2n) is 5.87. The van der Waals surface area contributed by atoms with Crippen LogP contribution in [-0.4, -0.2) is 68.5 Å². The lowest BCUT2D eigenvalue weighted by atomic mass is 10.3. The number of aromatic nitrogens is 1. The molecule has 1 saturated heterocycles. The summed E-state index contributed by atoms with van der Waals surface area (Å²) >= 11 is 1.20. The molecule has 1 amide bonds. The molecule has 10 heteroatoms. The van der Waals surface area contributed by atoms with Crippen LogP contribution in [0.15, 0.2) is 35.7 Å². The molecule has 1 fully saturated rings. The van der Waals surface area contributed by atoms with E-state index in [0.29, 0.717) is 41.5 Å². The smallest absolute Gasteiger partial charge is 0.413 e. The Kier molecular flexibility index (Phi) is 5.56. The van der Waals surface area contributed by atoms with Gasteiger partial charge >= 0.3 is 6.09 Å². The number of nitrogens with one attached hydrogen (secondary N) is 1. The zero-order chi connectivity index (χ0) is 18.7. The van der Waals surface area contributed by atoms with Gasteiger partial charge in [-0.25, -0.2) is 18.2 Å². The fourth-order valence-corrected chi connectivity index (χ4v) is 4.97. The Morgan fingerprint density at radius 1 is 1.38 bits per heavy atom. The first-order valence-electron chi connectivity index (χ1n) is 8.04.